The van der Waals surface area contributed by atoms with Crippen LogP contribution in [0, 0.1) is 0 Å². The molecule has 2 aromatic carbocycles. The maximum absolute atomic E-state index is 12.9. The Bertz CT molecular complexity index is 841. The van der Waals surface area contributed by atoms with E-state index in [9.17, 15) is 22.8 Å². The molecule has 2 aromatic rings. The third-order valence-electron chi connectivity index (χ3n) is 3.95. The number of benzene rings is 2. The number of amides is 1. The summed E-state index contributed by atoms with van der Waals surface area (Å²) in [5.41, 5.74) is -0.103. The molecule has 3 rings (SSSR count). The summed E-state index contributed by atoms with van der Waals surface area (Å²) in [6.07, 6.45) is -3.08. The minimum Gasteiger partial charge on any atom is -0.314 e. The summed E-state index contributed by atoms with van der Waals surface area (Å²) in [6.45, 7) is 0.203. The smallest absolute Gasteiger partial charge is 0.314 e. The molecular formula is C19H14F3NO2. The molecule has 1 heterocycles. The van der Waals surface area contributed by atoms with Gasteiger partial charge in [0.2, 0.25) is 0 Å². The van der Waals surface area contributed by atoms with Crippen LogP contribution < -0.4 is 0 Å². The molecular weight excluding hydrogens is 331 g/mol. The van der Waals surface area contributed by atoms with E-state index in [1.165, 1.54) is 23.2 Å². The van der Waals surface area contributed by atoms with E-state index in [1.54, 1.807) is 30.3 Å². The summed E-state index contributed by atoms with van der Waals surface area (Å²) in [4.78, 5) is 26.0. The van der Waals surface area contributed by atoms with Gasteiger partial charge >= 0.3 is 6.18 Å². The molecule has 0 radical (unpaired) electrons. The van der Waals surface area contributed by atoms with Crippen LogP contribution >= 0.6 is 0 Å². The van der Waals surface area contributed by atoms with Crippen LogP contribution in [0.2, 0.25) is 0 Å². The number of Topliss-reactive ketones (excluding diaryl/α,β-unsaturated/α-hetero) is 1. The normalized spacial score (nSPS) is 15.1. The lowest BCUT2D eigenvalue weighted by molar-refractivity contribution is -0.137. The quantitative estimate of drug-likeness (QED) is 0.820. The topological polar surface area (TPSA) is 37.4 Å². The van der Waals surface area contributed by atoms with Crippen molar-refractivity contribution in [3.63, 3.8) is 0 Å². The van der Waals surface area contributed by atoms with Gasteiger partial charge in [0.05, 0.1) is 5.56 Å². The molecule has 0 spiro atoms. The van der Waals surface area contributed by atoms with Gasteiger partial charge in [-0.3, -0.25) is 9.59 Å². The lowest BCUT2D eigenvalue weighted by Gasteiger charge is -2.25. The summed E-state index contributed by atoms with van der Waals surface area (Å²) < 4.78 is 38.7. The van der Waals surface area contributed by atoms with Gasteiger partial charge in [-0.25, -0.2) is 0 Å². The Balaban J connectivity index is 1.96. The number of allylic oxidation sites excluding steroid dienone is 1. The molecule has 0 aliphatic carbocycles. The maximum Gasteiger partial charge on any atom is 0.416 e. The van der Waals surface area contributed by atoms with Crippen molar-refractivity contribution in [1.82, 2.24) is 4.90 Å². The monoisotopic (exact) mass is 345 g/mol. The Hall–Kier alpha value is -2.89. The van der Waals surface area contributed by atoms with Gasteiger partial charge < -0.3 is 4.90 Å². The van der Waals surface area contributed by atoms with Crippen LogP contribution in [-0.2, 0) is 11.0 Å². The fraction of sp³-hybridized carbons (Fsp3) is 0.158. The lowest BCUT2D eigenvalue weighted by Crippen LogP contribution is -2.32. The number of carbonyl (C=O) groups excluding carboxylic acids is 2. The van der Waals surface area contributed by atoms with Crippen LogP contribution in [-0.4, -0.2) is 23.1 Å². The Morgan fingerprint density at radius 1 is 1.00 bits per heavy atom. The molecule has 0 fully saturated rings. The van der Waals surface area contributed by atoms with Gasteiger partial charge in [-0.2, -0.15) is 13.2 Å². The van der Waals surface area contributed by atoms with Gasteiger partial charge in [0.25, 0.3) is 5.91 Å². The van der Waals surface area contributed by atoms with Gasteiger partial charge in [-0.1, -0.05) is 30.3 Å². The third-order valence-corrected chi connectivity index (χ3v) is 3.95. The van der Waals surface area contributed by atoms with E-state index in [1.807, 2.05) is 0 Å². The van der Waals surface area contributed by atoms with Crippen molar-refractivity contribution >= 4 is 17.3 Å². The summed E-state index contributed by atoms with van der Waals surface area (Å²) in [6, 6.07) is 13.1. The van der Waals surface area contributed by atoms with Gasteiger partial charge in [-0.15, -0.1) is 0 Å². The van der Waals surface area contributed by atoms with Gasteiger partial charge in [-0.05, 0) is 29.8 Å². The molecule has 1 amide bonds. The molecule has 0 unspecified atom stereocenters. The average molecular weight is 345 g/mol. The second-order valence-corrected chi connectivity index (χ2v) is 5.66. The predicted molar refractivity (Wildman–Crippen MR) is 86.5 cm³/mol. The minimum absolute atomic E-state index is 0.0701. The van der Waals surface area contributed by atoms with E-state index in [2.05, 4.69) is 0 Å². The molecule has 0 aromatic heterocycles. The Morgan fingerprint density at radius 2 is 1.72 bits per heavy atom. The summed E-state index contributed by atoms with van der Waals surface area (Å²) >= 11 is 0. The van der Waals surface area contributed by atoms with Crippen LogP contribution in [0.25, 0.3) is 5.57 Å². The molecule has 0 saturated heterocycles. The van der Waals surface area contributed by atoms with E-state index in [4.69, 9.17) is 0 Å². The van der Waals surface area contributed by atoms with E-state index in [0.29, 0.717) is 5.56 Å². The molecule has 0 N–H and O–H groups in total. The number of alkyl halides is 3. The molecule has 0 bridgehead atoms. The van der Waals surface area contributed by atoms with Gasteiger partial charge in [0, 0.05) is 30.3 Å². The summed E-state index contributed by atoms with van der Waals surface area (Å²) in [7, 11) is 0. The summed E-state index contributed by atoms with van der Waals surface area (Å²) in [5.74, 6) is -0.575. The number of nitrogens with zero attached hydrogens (tertiary/aromatic N) is 1. The molecule has 1 aliphatic heterocycles. The Labute approximate surface area is 142 Å². The molecule has 1 aliphatic rings. The van der Waals surface area contributed by atoms with Crippen molar-refractivity contribution in [1.29, 1.82) is 0 Å². The van der Waals surface area contributed by atoms with Crippen molar-refractivity contribution in [2.45, 2.75) is 12.6 Å². The van der Waals surface area contributed by atoms with E-state index in [-0.39, 0.29) is 35.8 Å². The zero-order valence-electron chi connectivity index (χ0n) is 13.1. The van der Waals surface area contributed by atoms with Crippen molar-refractivity contribution in [2.75, 3.05) is 6.54 Å². The highest BCUT2D eigenvalue weighted by molar-refractivity contribution is 6.22. The first-order valence-corrected chi connectivity index (χ1v) is 7.65. The first-order valence-electron chi connectivity index (χ1n) is 7.65. The van der Waals surface area contributed by atoms with Crippen LogP contribution in [0.3, 0.4) is 0 Å². The first kappa shape index (κ1) is 17.0. The van der Waals surface area contributed by atoms with Crippen molar-refractivity contribution < 1.29 is 22.8 Å². The number of hydrogen-bond acceptors (Lipinski definition) is 2. The Kier molecular flexibility index (Phi) is 4.44. The third kappa shape index (κ3) is 3.63. The number of ketones is 1. The largest absolute Gasteiger partial charge is 0.416 e. The number of hydrogen-bond donors (Lipinski definition) is 0. The van der Waals surface area contributed by atoms with Crippen molar-refractivity contribution in [2.24, 2.45) is 0 Å². The first-order chi connectivity index (χ1) is 11.9. The fourth-order valence-electron chi connectivity index (χ4n) is 2.65. The van der Waals surface area contributed by atoms with Crippen LogP contribution in [0.15, 0.2) is 60.8 Å². The van der Waals surface area contributed by atoms with Crippen LogP contribution in [0.5, 0.6) is 0 Å². The highest BCUT2D eigenvalue weighted by Crippen LogP contribution is 2.32. The van der Waals surface area contributed by atoms with Gasteiger partial charge in [0.15, 0.2) is 5.78 Å². The van der Waals surface area contributed by atoms with Crippen molar-refractivity contribution in [3.8, 4) is 0 Å². The zero-order valence-corrected chi connectivity index (χ0v) is 13.1. The van der Waals surface area contributed by atoms with E-state index < -0.39 is 11.7 Å². The molecule has 0 atom stereocenters. The summed E-state index contributed by atoms with van der Waals surface area (Å²) in [5, 5.41) is 0. The van der Waals surface area contributed by atoms with Gasteiger partial charge in [0.1, 0.15) is 0 Å². The second-order valence-electron chi connectivity index (χ2n) is 5.66. The predicted octanol–water partition coefficient (Wildman–Crippen LogP) is 4.16. The molecule has 3 nitrogen and oxygen atoms in total. The number of carbonyl (C=O) groups is 2. The highest BCUT2D eigenvalue weighted by Gasteiger charge is 2.31. The van der Waals surface area contributed by atoms with Crippen molar-refractivity contribution in [3.05, 3.63) is 77.5 Å². The molecule has 6 heteroatoms. The number of halogens is 3. The average Bonchev–Trinajstić information content (AvgIpc) is 2.62. The van der Waals surface area contributed by atoms with E-state index in [0.717, 1.165) is 12.1 Å². The van der Waals surface area contributed by atoms with Crippen LogP contribution in [0.1, 0.15) is 27.9 Å². The Morgan fingerprint density at radius 3 is 2.40 bits per heavy atom. The standard InChI is InChI=1S/C19H14F3NO2/c20-19(21,22)15-8-4-7-14(11-15)16-12-23(10-9-17(16)24)18(25)13-5-2-1-3-6-13/h1-8,11-12H,9-10H2. The molecule has 25 heavy (non-hydrogen) atoms. The van der Waals surface area contributed by atoms with Crippen LogP contribution in [0.4, 0.5) is 13.2 Å². The highest BCUT2D eigenvalue weighted by atomic mass is 19.4. The number of rotatable bonds is 2. The maximum atomic E-state index is 12.9. The lowest BCUT2D eigenvalue weighted by atomic mass is 9.96. The van der Waals surface area contributed by atoms with E-state index >= 15 is 0 Å². The molecule has 128 valence electrons. The zero-order chi connectivity index (χ0) is 18.0. The fourth-order valence-corrected chi connectivity index (χ4v) is 2.65. The molecule has 0 saturated carbocycles. The minimum atomic E-state index is -4.49. The SMILES string of the molecule is O=C1CCN(C(=O)c2ccccc2)C=C1c1cccc(C(F)(F)F)c1. The second kappa shape index (κ2) is 6.55.